The van der Waals surface area contributed by atoms with Crippen LogP contribution >= 0.6 is 15.9 Å². The minimum absolute atomic E-state index is 0.0394. The van der Waals surface area contributed by atoms with Gasteiger partial charge in [0.1, 0.15) is 0 Å². The van der Waals surface area contributed by atoms with E-state index in [1.807, 2.05) is 24.0 Å². The van der Waals surface area contributed by atoms with Crippen LogP contribution < -0.4 is 10.2 Å². The molecule has 0 aliphatic rings. The first-order chi connectivity index (χ1) is 8.12. The quantitative estimate of drug-likeness (QED) is 0.844. The second kappa shape index (κ2) is 6.39. The summed E-state index contributed by atoms with van der Waals surface area (Å²) in [5, 5.41) is 2.59. The maximum Gasteiger partial charge on any atom is 0.239 e. The second-order valence-corrected chi connectivity index (χ2v) is 4.37. The Hall–Kier alpha value is -1.36. The zero-order valence-electron chi connectivity index (χ0n) is 9.87. The topological polar surface area (TPSA) is 49.4 Å². The lowest BCUT2D eigenvalue weighted by Crippen LogP contribution is -2.35. The molecule has 0 heterocycles. The Labute approximate surface area is 109 Å². The molecule has 0 aromatic heterocycles. The number of rotatable bonds is 5. The van der Waals surface area contributed by atoms with Gasteiger partial charge in [-0.15, -0.1) is 0 Å². The molecule has 17 heavy (non-hydrogen) atoms. The molecule has 1 aromatic rings. The number of halogens is 1. The highest BCUT2D eigenvalue weighted by molar-refractivity contribution is 9.10. The Bertz CT molecular complexity index is 421. The summed E-state index contributed by atoms with van der Waals surface area (Å²) >= 11 is 3.33. The van der Waals surface area contributed by atoms with Gasteiger partial charge in [0.15, 0.2) is 6.29 Å². The number of benzene rings is 1. The molecule has 0 bridgehead atoms. The fraction of sp³-hybridized carbons (Fsp3) is 0.333. The van der Waals surface area contributed by atoms with Crippen LogP contribution in [0.4, 0.5) is 5.69 Å². The van der Waals surface area contributed by atoms with Crippen LogP contribution in [0.2, 0.25) is 0 Å². The monoisotopic (exact) mass is 298 g/mol. The Morgan fingerprint density at radius 1 is 1.53 bits per heavy atom. The third kappa shape index (κ3) is 3.56. The third-order valence-corrected chi connectivity index (χ3v) is 3.16. The van der Waals surface area contributed by atoms with Crippen molar-refractivity contribution >= 4 is 33.8 Å². The van der Waals surface area contributed by atoms with E-state index in [1.165, 1.54) is 0 Å². The Kier molecular flexibility index (Phi) is 5.15. The van der Waals surface area contributed by atoms with Gasteiger partial charge in [0.2, 0.25) is 5.91 Å². The highest BCUT2D eigenvalue weighted by Gasteiger charge is 2.10. The standard InChI is InChI=1S/C12H15BrN2O2/c1-3-15(7-12(17)14-2)10-5-4-9(8-16)11(13)6-10/h4-6,8H,3,7H2,1-2H3,(H,14,17). The van der Waals surface area contributed by atoms with E-state index < -0.39 is 0 Å². The summed E-state index contributed by atoms with van der Waals surface area (Å²) in [5.74, 6) is -0.0394. The molecule has 4 nitrogen and oxygen atoms in total. The average Bonchev–Trinajstić information content (AvgIpc) is 2.35. The molecule has 0 atom stereocenters. The molecule has 0 aliphatic carbocycles. The number of amides is 1. The number of anilines is 1. The van der Waals surface area contributed by atoms with Gasteiger partial charge in [-0.05, 0) is 41.1 Å². The Morgan fingerprint density at radius 3 is 2.71 bits per heavy atom. The fourth-order valence-electron chi connectivity index (χ4n) is 1.45. The molecule has 1 amide bonds. The summed E-state index contributed by atoms with van der Waals surface area (Å²) in [4.78, 5) is 24.0. The number of hydrogen-bond donors (Lipinski definition) is 1. The van der Waals surface area contributed by atoms with Gasteiger partial charge in [-0.3, -0.25) is 9.59 Å². The van der Waals surface area contributed by atoms with Gasteiger partial charge in [0.25, 0.3) is 0 Å². The molecule has 1 N–H and O–H groups in total. The molecular weight excluding hydrogens is 284 g/mol. The van der Waals surface area contributed by atoms with Crippen molar-refractivity contribution in [2.45, 2.75) is 6.92 Å². The summed E-state index contributed by atoms with van der Waals surface area (Å²) in [6, 6.07) is 5.41. The van der Waals surface area contributed by atoms with E-state index in [9.17, 15) is 9.59 Å². The summed E-state index contributed by atoms with van der Waals surface area (Å²) in [7, 11) is 1.61. The number of nitrogens with one attached hydrogen (secondary N) is 1. The Balaban J connectivity index is 2.92. The molecule has 0 spiro atoms. The van der Waals surface area contributed by atoms with Gasteiger partial charge >= 0.3 is 0 Å². The average molecular weight is 299 g/mol. The van der Waals surface area contributed by atoms with Crippen LogP contribution in [0, 0.1) is 0 Å². The van der Waals surface area contributed by atoms with Crippen LogP contribution in [0.5, 0.6) is 0 Å². The molecule has 1 rings (SSSR count). The lowest BCUT2D eigenvalue weighted by molar-refractivity contribution is -0.119. The van der Waals surface area contributed by atoms with E-state index in [-0.39, 0.29) is 5.91 Å². The van der Waals surface area contributed by atoms with E-state index in [4.69, 9.17) is 0 Å². The van der Waals surface area contributed by atoms with E-state index in [0.717, 1.165) is 23.0 Å². The van der Waals surface area contributed by atoms with Crippen LogP contribution in [0.1, 0.15) is 17.3 Å². The molecule has 0 aliphatic heterocycles. The van der Waals surface area contributed by atoms with Crippen molar-refractivity contribution in [2.75, 3.05) is 25.0 Å². The van der Waals surface area contributed by atoms with Crippen molar-refractivity contribution in [1.29, 1.82) is 0 Å². The highest BCUT2D eigenvalue weighted by atomic mass is 79.9. The van der Waals surface area contributed by atoms with Gasteiger partial charge < -0.3 is 10.2 Å². The minimum Gasteiger partial charge on any atom is -0.362 e. The van der Waals surface area contributed by atoms with Crippen LogP contribution in [0.25, 0.3) is 0 Å². The third-order valence-electron chi connectivity index (χ3n) is 2.47. The van der Waals surface area contributed by atoms with E-state index >= 15 is 0 Å². The molecule has 92 valence electrons. The largest absolute Gasteiger partial charge is 0.362 e. The second-order valence-electron chi connectivity index (χ2n) is 3.51. The number of likely N-dealkylation sites (N-methyl/N-ethyl adjacent to an activating group) is 2. The molecular formula is C12H15BrN2O2. The number of carbonyl (C=O) groups is 2. The SMILES string of the molecule is CCN(CC(=O)NC)c1ccc(C=O)c(Br)c1. The number of hydrogen-bond acceptors (Lipinski definition) is 3. The smallest absolute Gasteiger partial charge is 0.239 e. The summed E-state index contributed by atoms with van der Waals surface area (Å²) in [6.07, 6.45) is 0.795. The predicted molar refractivity (Wildman–Crippen MR) is 71.5 cm³/mol. The van der Waals surface area contributed by atoms with Crippen LogP contribution in [0.15, 0.2) is 22.7 Å². The summed E-state index contributed by atoms with van der Waals surface area (Å²) in [6.45, 7) is 3.00. The molecule has 0 radical (unpaired) electrons. The lowest BCUT2D eigenvalue weighted by Gasteiger charge is -2.22. The number of carbonyl (C=O) groups excluding carboxylic acids is 2. The van der Waals surface area contributed by atoms with Gasteiger partial charge in [-0.25, -0.2) is 0 Å². The van der Waals surface area contributed by atoms with Gasteiger partial charge in [-0.1, -0.05) is 0 Å². The molecule has 0 fully saturated rings. The van der Waals surface area contributed by atoms with Crippen LogP contribution in [-0.4, -0.2) is 32.3 Å². The van der Waals surface area contributed by atoms with Gasteiger partial charge in [0.05, 0.1) is 6.54 Å². The molecule has 0 unspecified atom stereocenters. The fourth-order valence-corrected chi connectivity index (χ4v) is 1.91. The minimum atomic E-state index is -0.0394. The number of nitrogens with zero attached hydrogens (tertiary/aromatic N) is 1. The molecule has 5 heteroatoms. The molecule has 0 saturated carbocycles. The van der Waals surface area contributed by atoms with Crippen molar-refractivity contribution in [2.24, 2.45) is 0 Å². The first kappa shape index (κ1) is 13.7. The first-order valence-electron chi connectivity index (χ1n) is 5.32. The van der Waals surface area contributed by atoms with Crippen molar-refractivity contribution in [3.8, 4) is 0 Å². The van der Waals surface area contributed by atoms with E-state index in [0.29, 0.717) is 12.1 Å². The van der Waals surface area contributed by atoms with Crippen molar-refractivity contribution in [1.82, 2.24) is 5.32 Å². The van der Waals surface area contributed by atoms with Gasteiger partial charge in [-0.2, -0.15) is 0 Å². The summed E-state index contributed by atoms with van der Waals surface area (Å²) in [5.41, 5.74) is 1.51. The summed E-state index contributed by atoms with van der Waals surface area (Å²) < 4.78 is 0.736. The highest BCUT2D eigenvalue weighted by Crippen LogP contribution is 2.23. The predicted octanol–water partition coefficient (Wildman–Crippen LogP) is 1.83. The zero-order valence-corrected chi connectivity index (χ0v) is 11.5. The molecule has 1 aromatic carbocycles. The number of aldehydes is 1. The van der Waals surface area contributed by atoms with Crippen LogP contribution in [-0.2, 0) is 4.79 Å². The Morgan fingerprint density at radius 2 is 2.24 bits per heavy atom. The zero-order chi connectivity index (χ0) is 12.8. The van der Waals surface area contributed by atoms with E-state index in [2.05, 4.69) is 21.2 Å². The maximum atomic E-state index is 11.3. The van der Waals surface area contributed by atoms with Crippen molar-refractivity contribution in [3.05, 3.63) is 28.2 Å². The maximum absolute atomic E-state index is 11.3. The van der Waals surface area contributed by atoms with Crippen LogP contribution in [0.3, 0.4) is 0 Å². The van der Waals surface area contributed by atoms with E-state index in [1.54, 1.807) is 13.1 Å². The molecule has 0 saturated heterocycles. The van der Waals surface area contributed by atoms with Gasteiger partial charge in [0, 0.05) is 29.3 Å². The normalized spacial score (nSPS) is 9.82. The lowest BCUT2D eigenvalue weighted by atomic mass is 10.2. The first-order valence-corrected chi connectivity index (χ1v) is 6.12. The van der Waals surface area contributed by atoms with Crippen molar-refractivity contribution < 1.29 is 9.59 Å². The van der Waals surface area contributed by atoms with Crippen molar-refractivity contribution in [3.63, 3.8) is 0 Å².